The maximum Gasteiger partial charge on any atom is 0.323 e. The second-order valence-electron chi connectivity index (χ2n) is 4.62. The standard InChI is InChI=1S/C12H20N4O2/c1-9(2)4-5-13-10-6-11(15-8-14-10)16(3)7-12(17)18/h6,8-9H,4-5,7H2,1-3H3,(H,17,18)(H,13,14,15). The Morgan fingerprint density at radius 1 is 1.50 bits per heavy atom. The van der Waals surface area contributed by atoms with Crippen molar-refractivity contribution in [2.45, 2.75) is 20.3 Å². The van der Waals surface area contributed by atoms with Gasteiger partial charge in [-0.2, -0.15) is 0 Å². The average molecular weight is 252 g/mol. The highest BCUT2D eigenvalue weighted by Gasteiger charge is 2.07. The molecule has 0 fully saturated rings. The van der Waals surface area contributed by atoms with Crippen molar-refractivity contribution in [3.8, 4) is 0 Å². The van der Waals surface area contributed by atoms with Crippen molar-refractivity contribution in [1.29, 1.82) is 0 Å². The monoisotopic (exact) mass is 252 g/mol. The van der Waals surface area contributed by atoms with E-state index in [-0.39, 0.29) is 6.54 Å². The predicted molar refractivity (Wildman–Crippen MR) is 70.9 cm³/mol. The molecule has 1 rings (SSSR count). The summed E-state index contributed by atoms with van der Waals surface area (Å²) in [4.78, 5) is 20.3. The molecule has 0 aromatic carbocycles. The van der Waals surface area contributed by atoms with Crippen LogP contribution in [0.15, 0.2) is 12.4 Å². The summed E-state index contributed by atoms with van der Waals surface area (Å²) in [7, 11) is 1.69. The van der Waals surface area contributed by atoms with Crippen molar-refractivity contribution >= 4 is 17.6 Å². The van der Waals surface area contributed by atoms with E-state index in [4.69, 9.17) is 5.11 Å². The number of hydrogen-bond donors (Lipinski definition) is 2. The SMILES string of the molecule is CC(C)CCNc1cc(N(C)CC(=O)O)ncn1. The number of aliphatic carboxylic acids is 1. The minimum absolute atomic E-state index is 0.0809. The molecule has 0 unspecified atom stereocenters. The van der Waals surface area contributed by atoms with Gasteiger partial charge in [0.15, 0.2) is 0 Å². The third-order valence-electron chi connectivity index (χ3n) is 2.44. The van der Waals surface area contributed by atoms with Crippen LogP contribution >= 0.6 is 0 Å². The van der Waals surface area contributed by atoms with Gasteiger partial charge in [0.05, 0.1) is 0 Å². The van der Waals surface area contributed by atoms with Gasteiger partial charge in [0, 0.05) is 19.7 Å². The molecule has 6 nitrogen and oxygen atoms in total. The Bertz CT molecular complexity index is 395. The summed E-state index contributed by atoms with van der Waals surface area (Å²) in [5, 5.41) is 11.9. The Balaban J connectivity index is 2.58. The smallest absolute Gasteiger partial charge is 0.323 e. The molecule has 0 aliphatic heterocycles. The maximum atomic E-state index is 10.6. The Labute approximate surface area is 107 Å². The van der Waals surface area contributed by atoms with Crippen LogP contribution in [0.25, 0.3) is 0 Å². The van der Waals surface area contributed by atoms with Gasteiger partial charge in [-0.05, 0) is 12.3 Å². The number of likely N-dealkylation sites (N-methyl/N-ethyl adjacent to an activating group) is 1. The first kappa shape index (κ1) is 14.2. The Kier molecular flexibility index (Phi) is 5.35. The molecule has 0 aliphatic rings. The number of anilines is 2. The van der Waals surface area contributed by atoms with Gasteiger partial charge in [-0.15, -0.1) is 0 Å². The molecule has 2 N–H and O–H groups in total. The summed E-state index contributed by atoms with van der Waals surface area (Å²) in [6, 6.07) is 1.75. The fourth-order valence-electron chi connectivity index (χ4n) is 1.43. The quantitative estimate of drug-likeness (QED) is 0.765. The normalized spacial score (nSPS) is 10.4. The maximum absolute atomic E-state index is 10.6. The van der Waals surface area contributed by atoms with Crippen LogP contribution in [-0.4, -0.2) is 41.2 Å². The van der Waals surface area contributed by atoms with Gasteiger partial charge in [-0.3, -0.25) is 4.79 Å². The molecular weight excluding hydrogens is 232 g/mol. The number of carboxylic acids is 1. The van der Waals surface area contributed by atoms with Crippen LogP contribution in [0.4, 0.5) is 11.6 Å². The minimum atomic E-state index is -0.884. The Hall–Kier alpha value is -1.85. The lowest BCUT2D eigenvalue weighted by Crippen LogP contribution is -2.26. The highest BCUT2D eigenvalue weighted by atomic mass is 16.4. The second kappa shape index (κ2) is 6.78. The van der Waals surface area contributed by atoms with Gasteiger partial charge in [0.1, 0.15) is 24.5 Å². The molecule has 1 aromatic heterocycles. The zero-order valence-corrected chi connectivity index (χ0v) is 11.1. The van der Waals surface area contributed by atoms with E-state index in [1.165, 1.54) is 6.33 Å². The molecular formula is C12H20N4O2. The fourth-order valence-corrected chi connectivity index (χ4v) is 1.43. The summed E-state index contributed by atoms with van der Waals surface area (Å²) < 4.78 is 0. The van der Waals surface area contributed by atoms with Crippen LogP contribution in [0.2, 0.25) is 0 Å². The lowest BCUT2D eigenvalue weighted by molar-refractivity contribution is -0.135. The van der Waals surface area contributed by atoms with Gasteiger partial charge < -0.3 is 15.3 Å². The van der Waals surface area contributed by atoms with E-state index in [1.807, 2.05) is 0 Å². The van der Waals surface area contributed by atoms with E-state index in [0.717, 1.165) is 18.8 Å². The molecule has 0 radical (unpaired) electrons. The number of nitrogens with zero attached hydrogens (tertiary/aromatic N) is 3. The number of nitrogens with one attached hydrogen (secondary N) is 1. The molecule has 0 atom stereocenters. The molecule has 100 valence electrons. The highest BCUT2D eigenvalue weighted by Crippen LogP contribution is 2.12. The van der Waals surface area contributed by atoms with Gasteiger partial charge in [-0.25, -0.2) is 9.97 Å². The summed E-state index contributed by atoms with van der Waals surface area (Å²) in [5.41, 5.74) is 0. The third-order valence-corrected chi connectivity index (χ3v) is 2.44. The Morgan fingerprint density at radius 2 is 2.22 bits per heavy atom. The van der Waals surface area contributed by atoms with Crippen molar-refractivity contribution in [1.82, 2.24) is 9.97 Å². The third kappa shape index (κ3) is 4.99. The largest absolute Gasteiger partial charge is 0.480 e. The van der Waals surface area contributed by atoms with E-state index in [2.05, 4.69) is 29.1 Å². The molecule has 0 amide bonds. The molecule has 0 saturated carbocycles. The van der Waals surface area contributed by atoms with E-state index in [0.29, 0.717) is 11.7 Å². The first-order valence-corrected chi connectivity index (χ1v) is 5.98. The van der Waals surface area contributed by atoms with Crippen LogP contribution in [0.1, 0.15) is 20.3 Å². The molecule has 0 bridgehead atoms. The predicted octanol–water partition coefficient (Wildman–Crippen LogP) is 1.46. The van der Waals surface area contributed by atoms with Gasteiger partial charge in [0.25, 0.3) is 0 Å². The van der Waals surface area contributed by atoms with Crippen LogP contribution in [-0.2, 0) is 4.79 Å². The summed E-state index contributed by atoms with van der Waals surface area (Å²) in [6.07, 6.45) is 2.50. The van der Waals surface area contributed by atoms with E-state index >= 15 is 0 Å². The molecule has 0 spiro atoms. The summed E-state index contributed by atoms with van der Waals surface area (Å²) in [6.45, 7) is 5.08. The minimum Gasteiger partial charge on any atom is -0.480 e. The first-order chi connectivity index (χ1) is 8.49. The van der Waals surface area contributed by atoms with Gasteiger partial charge in [0.2, 0.25) is 0 Å². The lowest BCUT2D eigenvalue weighted by atomic mass is 10.1. The number of carbonyl (C=O) groups is 1. The van der Waals surface area contributed by atoms with Crippen molar-refractivity contribution in [2.75, 3.05) is 30.4 Å². The molecule has 1 heterocycles. The van der Waals surface area contributed by atoms with Crippen LogP contribution < -0.4 is 10.2 Å². The fraction of sp³-hybridized carbons (Fsp3) is 0.583. The Morgan fingerprint density at radius 3 is 2.83 bits per heavy atom. The highest BCUT2D eigenvalue weighted by molar-refractivity contribution is 5.73. The molecule has 0 aliphatic carbocycles. The summed E-state index contributed by atoms with van der Waals surface area (Å²) >= 11 is 0. The van der Waals surface area contributed by atoms with Crippen LogP contribution in [0.3, 0.4) is 0 Å². The van der Waals surface area contributed by atoms with Gasteiger partial charge >= 0.3 is 5.97 Å². The molecule has 0 saturated heterocycles. The number of aromatic nitrogens is 2. The average Bonchev–Trinajstić information content (AvgIpc) is 2.28. The lowest BCUT2D eigenvalue weighted by Gasteiger charge is -2.16. The number of rotatable bonds is 7. The van der Waals surface area contributed by atoms with E-state index < -0.39 is 5.97 Å². The number of hydrogen-bond acceptors (Lipinski definition) is 5. The van der Waals surface area contributed by atoms with Crippen molar-refractivity contribution < 1.29 is 9.90 Å². The molecule has 6 heteroatoms. The van der Waals surface area contributed by atoms with E-state index in [9.17, 15) is 4.79 Å². The number of carboxylic acid groups (broad SMARTS) is 1. The van der Waals surface area contributed by atoms with E-state index in [1.54, 1.807) is 18.0 Å². The molecule has 1 aromatic rings. The van der Waals surface area contributed by atoms with Crippen LogP contribution in [0, 0.1) is 5.92 Å². The zero-order chi connectivity index (χ0) is 13.5. The topological polar surface area (TPSA) is 78.4 Å². The second-order valence-corrected chi connectivity index (χ2v) is 4.62. The van der Waals surface area contributed by atoms with Crippen molar-refractivity contribution in [3.63, 3.8) is 0 Å². The van der Waals surface area contributed by atoms with Crippen molar-refractivity contribution in [3.05, 3.63) is 12.4 Å². The summed E-state index contributed by atoms with van der Waals surface area (Å²) in [5.74, 6) is 1.07. The van der Waals surface area contributed by atoms with Crippen molar-refractivity contribution in [2.24, 2.45) is 5.92 Å². The van der Waals surface area contributed by atoms with Gasteiger partial charge in [-0.1, -0.05) is 13.8 Å². The first-order valence-electron chi connectivity index (χ1n) is 5.98. The molecule has 18 heavy (non-hydrogen) atoms. The van der Waals surface area contributed by atoms with Crippen LogP contribution in [0.5, 0.6) is 0 Å². The zero-order valence-electron chi connectivity index (χ0n) is 11.1.